The smallest absolute Gasteiger partial charge is 0.115 e. The lowest BCUT2D eigenvalue weighted by atomic mass is 10.1. The standard InChI is InChI=1S/C15H15NO/c17-13-8-6-12(7-9-13)16-15-10-5-11-3-1-2-4-14(11)15/h1-4,6-9,15-17H,5,10H2. The number of hydrogen-bond donors (Lipinski definition) is 2. The van der Waals surface area contributed by atoms with Crippen LogP contribution in [0.4, 0.5) is 5.69 Å². The molecule has 3 rings (SSSR count). The zero-order valence-corrected chi connectivity index (χ0v) is 9.56. The Morgan fingerprint density at radius 2 is 1.76 bits per heavy atom. The van der Waals surface area contributed by atoms with Crippen LogP contribution >= 0.6 is 0 Å². The summed E-state index contributed by atoms with van der Waals surface area (Å²) in [6.07, 6.45) is 2.28. The van der Waals surface area contributed by atoms with E-state index in [1.807, 2.05) is 12.1 Å². The zero-order chi connectivity index (χ0) is 11.7. The van der Waals surface area contributed by atoms with Gasteiger partial charge >= 0.3 is 0 Å². The molecule has 2 heteroatoms. The molecular formula is C15H15NO. The molecule has 0 spiro atoms. The van der Waals surface area contributed by atoms with Gasteiger partial charge in [-0.3, -0.25) is 0 Å². The highest BCUT2D eigenvalue weighted by molar-refractivity contribution is 5.50. The number of aromatic hydroxyl groups is 1. The minimum Gasteiger partial charge on any atom is -0.508 e. The molecule has 0 aliphatic heterocycles. The maximum absolute atomic E-state index is 9.25. The Kier molecular flexibility index (Phi) is 2.48. The van der Waals surface area contributed by atoms with Gasteiger partial charge < -0.3 is 10.4 Å². The summed E-state index contributed by atoms with van der Waals surface area (Å²) in [6.45, 7) is 0. The molecule has 17 heavy (non-hydrogen) atoms. The summed E-state index contributed by atoms with van der Waals surface area (Å²) in [5.41, 5.74) is 3.91. The Labute approximate surface area is 101 Å². The van der Waals surface area contributed by atoms with Crippen molar-refractivity contribution in [3.63, 3.8) is 0 Å². The second kappa shape index (κ2) is 4.13. The molecule has 0 radical (unpaired) electrons. The molecule has 0 bridgehead atoms. The normalized spacial score (nSPS) is 17.8. The summed E-state index contributed by atoms with van der Waals surface area (Å²) in [7, 11) is 0. The van der Waals surface area contributed by atoms with Crippen molar-refractivity contribution in [2.24, 2.45) is 0 Å². The van der Waals surface area contributed by atoms with Crippen LogP contribution < -0.4 is 5.32 Å². The first-order valence-electron chi connectivity index (χ1n) is 5.96. The molecular weight excluding hydrogens is 210 g/mol. The number of phenols is 1. The second-order valence-electron chi connectivity index (χ2n) is 4.48. The van der Waals surface area contributed by atoms with Gasteiger partial charge in [-0.15, -0.1) is 0 Å². The van der Waals surface area contributed by atoms with E-state index in [0.717, 1.165) is 18.5 Å². The van der Waals surface area contributed by atoms with Gasteiger partial charge in [0.1, 0.15) is 5.75 Å². The Balaban J connectivity index is 1.81. The van der Waals surface area contributed by atoms with Gasteiger partial charge in [-0.2, -0.15) is 0 Å². The van der Waals surface area contributed by atoms with Crippen molar-refractivity contribution in [1.29, 1.82) is 0 Å². The molecule has 1 atom stereocenters. The molecule has 2 aromatic rings. The molecule has 0 amide bonds. The fourth-order valence-corrected chi connectivity index (χ4v) is 2.47. The molecule has 1 unspecified atom stereocenters. The number of anilines is 1. The number of phenolic OH excluding ortho intramolecular Hbond substituents is 1. The number of rotatable bonds is 2. The van der Waals surface area contributed by atoms with Gasteiger partial charge in [0, 0.05) is 5.69 Å². The molecule has 2 nitrogen and oxygen atoms in total. The first kappa shape index (κ1) is 10.2. The van der Waals surface area contributed by atoms with E-state index >= 15 is 0 Å². The lowest BCUT2D eigenvalue weighted by Crippen LogP contribution is -2.06. The van der Waals surface area contributed by atoms with Crippen LogP contribution in [-0.4, -0.2) is 5.11 Å². The highest BCUT2D eigenvalue weighted by Gasteiger charge is 2.21. The van der Waals surface area contributed by atoms with Crippen molar-refractivity contribution in [1.82, 2.24) is 0 Å². The molecule has 2 aromatic carbocycles. The highest BCUT2D eigenvalue weighted by atomic mass is 16.3. The van der Waals surface area contributed by atoms with E-state index in [1.165, 1.54) is 11.1 Å². The van der Waals surface area contributed by atoms with Crippen LogP contribution in [0.3, 0.4) is 0 Å². The summed E-state index contributed by atoms with van der Waals surface area (Å²) < 4.78 is 0. The van der Waals surface area contributed by atoms with Gasteiger partial charge in [-0.05, 0) is 48.2 Å². The summed E-state index contributed by atoms with van der Waals surface area (Å²) >= 11 is 0. The largest absolute Gasteiger partial charge is 0.508 e. The predicted molar refractivity (Wildman–Crippen MR) is 69.2 cm³/mol. The fourth-order valence-electron chi connectivity index (χ4n) is 2.47. The number of nitrogens with one attached hydrogen (secondary N) is 1. The van der Waals surface area contributed by atoms with Crippen LogP contribution in [0.5, 0.6) is 5.75 Å². The van der Waals surface area contributed by atoms with E-state index in [0.29, 0.717) is 11.8 Å². The number of aryl methyl sites for hydroxylation is 1. The Hall–Kier alpha value is -1.96. The van der Waals surface area contributed by atoms with Crippen LogP contribution in [0, 0.1) is 0 Å². The van der Waals surface area contributed by atoms with Crippen LogP contribution in [0.2, 0.25) is 0 Å². The number of benzene rings is 2. The molecule has 0 fully saturated rings. The molecule has 0 saturated heterocycles. The zero-order valence-electron chi connectivity index (χ0n) is 9.56. The second-order valence-corrected chi connectivity index (χ2v) is 4.48. The maximum Gasteiger partial charge on any atom is 0.115 e. The van der Waals surface area contributed by atoms with Gasteiger partial charge in [0.25, 0.3) is 0 Å². The third-order valence-electron chi connectivity index (χ3n) is 3.34. The van der Waals surface area contributed by atoms with Crippen LogP contribution in [0.25, 0.3) is 0 Å². The molecule has 0 aromatic heterocycles. The lowest BCUT2D eigenvalue weighted by molar-refractivity contribution is 0.475. The topological polar surface area (TPSA) is 32.3 Å². The van der Waals surface area contributed by atoms with E-state index in [2.05, 4.69) is 29.6 Å². The van der Waals surface area contributed by atoms with Crippen LogP contribution in [-0.2, 0) is 6.42 Å². The first-order valence-corrected chi connectivity index (χ1v) is 5.96. The van der Waals surface area contributed by atoms with Gasteiger partial charge in [-0.25, -0.2) is 0 Å². The van der Waals surface area contributed by atoms with Gasteiger partial charge in [0.05, 0.1) is 6.04 Å². The van der Waals surface area contributed by atoms with Crippen molar-refractivity contribution in [2.45, 2.75) is 18.9 Å². The van der Waals surface area contributed by atoms with Crippen LogP contribution in [0.15, 0.2) is 48.5 Å². The highest BCUT2D eigenvalue weighted by Crippen LogP contribution is 2.33. The Bertz CT molecular complexity index is 519. The summed E-state index contributed by atoms with van der Waals surface area (Å²) in [5.74, 6) is 0.308. The predicted octanol–water partition coefficient (Wildman–Crippen LogP) is 3.49. The van der Waals surface area contributed by atoms with E-state index in [-0.39, 0.29) is 0 Å². The minimum absolute atomic E-state index is 0.308. The van der Waals surface area contributed by atoms with Gasteiger partial charge in [-0.1, -0.05) is 24.3 Å². The van der Waals surface area contributed by atoms with E-state index < -0.39 is 0 Å². The van der Waals surface area contributed by atoms with Gasteiger partial charge in [0.2, 0.25) is 0 Å². The molecule has 86 valence electrons. The number of fused-ring (bicyclic) bond motifs is 1. The maximum atomic E-state index is 9.25. The first-order chi connectivity index (χ1) is 8.33. The van der Waals surface area contributed by atoms with Gasteiger partial charge in [0.15, 0.2) is 0 Å². The quantitative estimate of drug-likeness (QED) is 0.767. The molecule has 0 saturated carbocycles. The van der Waals surface area contributed by atoms with Crippen molar-refractivity contribution < 1.29 is 5.11 Å². The van der Waals surface area contributed by atoms with E-state index in [4.69, 9.17) is 0 Å². The summed E-state index contributed by atoms with van der Waals surface area (Å²) in [5, 5.41) is 12.8. The Morgan fingerprint density at radius 3 is 2.59 bits per heavy atom. The summed E-state index contributed by atoms with van der Waals surface area (Å²) in [4.78, 5) is 0. The fraction of sp³-hybridized carbons (Fsp3) is 0.200. The van der Waals surface area contributed by atoms with Crippen molar-refractivity contribution in [2.75, 3.05) is 5.32 Å². The average Bonchev–Trinajstić information content (AvgIpc) is 2.76. The monoisotopic (exact) mass is 225 g/mol. The lowest BCUT2D eigenvalue weighted by Gasteiger charge is -2.15. The minimum atomic E-state index is 0.308. The molecule has 1 aliphatic rings. The average molecular weight is 225 g/mol. The Morgan fingerprint density at radius 1 is 1.00 bits per heavy atom. The van der Waals surface area contributed by atoms with Crippen LogP contribution in [0.1, 0.15) is 23.6 Å². The van der Waals surface area contributed by atoms with Crippen molar-refractivity contribution in [3.8, 4) is 5.75 Å². The molecule has 1 aliphatic carbocycles. The van der Waals surface area contributed by atoms with Crippen molar-refractivity contribution in [3.05, 3.63) is 59.7 Å². The van der Waals surface area contributed by atoms with E-state index in [1.54, 1.807) is 12.1 Å². The number of hydrogen-bond acceptors (Lipinski definition) is 2. The van der Waals surface area contributed by atoms with E-state index in [9.17, 15) is 5.11 Å². The summed E-state index contributed by atoms with van der Waals surface area (Å²) in [6, 6.07) is 16.2. The SMILES string of the molecule is Oc1ccc(NC2CCc3ccccc32)cc1. The molecule has 2 N–H and O–H groups in total. The third kappa shape index (κ3) is 1.98. The third-order valence-corrected chi connectivity index (χ3v) is 3.34. The molecule has 0 heterocycles. The van der Waals surface area contributed by atoms with Crippen molar-refractivity contribution >= 4 is 5.69 Å².